The van der Waals surface area contributed by atoms with Gasteiger partial charge in [-0.05, 0) is 30.5 Å². The molecule has 0 bridgehead atoms. The Kier molecular flexibility index (Phi) is 3.50. The average molecular weight is 305 g/mol. The van der Waals surface area contributed by atoms with Gasteiger partial charge in [0, 0.05) is 28.8 Å². The van der Waals surface area contributed by atoms with Gasteiger partial charge < -0.3 is 4.57 Å². The molecular weight excluding hydrogens is 288 g/mol. The molecule has 1 aromatic heterocycles. The lowest BCUT2D eigenvalue weighted by atomic mass is 9.80. The minimum atomic E-state index is 0.565. The second-order valence-corrected chi connectivity index (χ2v) is 5.94. The van der Waals surface area contributed by atoms with Crippen LogP contribution < -0.4 is 0 Å². The first kappa shape index (κ1) is 12.0. The van der Waals surface area contributed by atoms with E-state index in [2.05, 4.69) is 55.9 Å². The second kappa shape index (κ2) is 5.27. The van der Waals surface area contributed by atoms with Crippen LogP contribution in [0, 0.1) is 0 Å². The predicted octanol–water partition coefficient (Wildman–Crippen LogP) is 4.54. The molecule has 0 N–H and O–H groups in total. The van der Waals surface area contributed by atoms with Gasteiger partial charge in [0.05, 0.1) is 6.33 Å². The summed E-state index contributed by atoms with van der Waals surface area (Å²) in [7, 11) is 0. The number of imidazole rings is 1. The monoisotopic (exact) mass is 304 g/mol. The topological polar surface area (TPSA) is 17.8 Å². The second-order valence-electron chi connectivity index (χ2n) is 5.02. The van der Waals surface area contributed by atoms with Crippen LogP contribution in [0.4, 0.5) is 0 Å². The van der Waals surface area contributed by atoms with Crippen molar-refractivity contribution in [1.82, 2.24) is 9.55 Å². The molecule has 2 nitrogen and oxygen atoms in total. The Labute approximate surface area is 116 Å². The van der Waals surface area contributed by atoms with Gasteiger partial charge in [-0.2, -0.15) is 0 Å². The van der Waals surface area contributed by atoms with E-state index >= 15 is 0 Å². The molecule has 0 spiro atoms. The summed E-state index contributed by atoms with van der Waals surface area (Å²) >= 11 is 3.58. The number of halogens is 1. The zero-order valence-electron chi connectivity index (χ0n) is 10.3. The Bertz CT molecular complexity index is 507. The first-order valence-electron chi connectivity index (χ1n) is 6.57. The van der Waals surface area contributed by atoms with E-state index in [-0.39, 0.29) is 0 Å². The molecule has 1 aliphatic carbocycles. The summed E-state index contributed by atoms with van der Waals surface area (Å²) in [5.74, 6) is 0.616. The van der Waals surface area contributed by atoms with E-state index in [4.69, 9.17) is 0 Å². The fourth-order valence-electron chi connectivity index (χ4n) is 3.06. The van der Waals surface area contributed by atoms with E-state index < -0.39 is 0 Å². The SMILES string of the molecule is Brc1cccc(C2CCCCC2n2ccnc2)c1. The molecule has 1 saturated carbocycles. The first-order valence-corrected chi connectivity index (χ1v) is 7.37. The summed E-state index contributed by atoms with van der Waals surface area (Å²) in [6.45, 7) is 0. The fourth-order valence-corrected chi connectivity index (χ4v) is 3.48. The molecule has 18 heavy (non-hydrogen) atoms. The van der Waals surface area contributed by atoms with Crippen molar-refractivity contribution in [2.45, 2.75) is 37.6 Å². The highest BCUT2D eigenvalue weighted by Crippen LogP contribution is 2.41. The number of hydrogen-bond acceptors (Lipinski definition) is 1. The van der Waals surface area contributed by atoms with Crippen LogP contribution >= 0.6 is 15.9 Å². The van der Waals surface area contributed by atoms with E-state index in [0.29, 0.717) is 12.0 Å². The van der Waals surface area contributed by atoms with Crippen molar-refractivity contribution in [2.24, 2.45) is 0 Å². The molecule has 94 valence electrons. The minimum Gasteiger partial charge on any atom is -0.334 e. The largest absolute Gasteiger partial charge is 0.334 e. The van der Waals surface area contributed by atoms with Crippen LogP contribution in [-0.4, -0.2) is 9.55 Å². The van der Waals surface area contributed by atoms with Gasteiger partial charge in [0.25, 0.3) is 0 Å². The molecule has 3 rings (SSSR count). The normalized spacial score (nSPS) is 24.1. The molecule has 0 amide bonds. The van der Waals surface area contributed by atoms with Gasteiger partial charge in [-0.15, -0.1) is 0 Å². The molecule has 0 radical (unpaired) electrons. The zero-order chi connectivity index (χ0) is 12.4. The van der Waals surface area contributed by atoms with E-state index in [0.717, 1.165) is 0 Å². The Balaban J connectivity index is 1.93. The van der Waals surface area contributed by atoms with Crippen molar-refractivity contribution in [2.75, 3.05) is 0 Å². The third-order valence-electron chi connectivity index (χ3n) is 3.91. The van der Waals surface area contributed by atoms with Gasteiger partial charge in [0.15, 0.2) is 0 Å². The minimum absolute atomic E-state index is 0.565. The van der Waals surface area contributed by atoms with Crippen molar-refractivity contribution < 1.29 is 0 Å². The van der Waals surface area contributed by atoms with Gasteiger partial charge in [0.1, 0.15) is 0 Å². The lowest BCUT2D eigenvalue weighted by Gasteiger charge is -2.33. The molecular formula is C15H17BrN2. The summed E-state index contributed by atoms with van der Waals surface area (Å²) in [5.41, 5.74) is 1.45. The maximum Gasteiger partial charge on any atom is 0.0948 e. The maximum absolute atomic E-state index is 4.20. The van der Waals surface area contributed by atoms with Crippen LogP contribution in [0.3, 0.4) is 0 Å². The summed E-state index contributed by atoms with van der Waals surface area (Å²) in [6, 6.07) is 9.32. The van der Waals surface area contributed by atoms with Crippen molar-refractivity contribution in [3.8, 4) is 0 Å². The van der Waals surface area contributed by atoms with Crippen molar-refractivity contribution in [3.05, 3.63) is 53.0 Å². The van der Waals surface area contributed by atoms with Gasteiger partial charge in [-0.3, -0.25) is 0 Å². The molecule has 1 aromatic carbocycles. The maximum atomic E-state index is 4.20. The van der Waals surface area contributed by atoms with Crippen LogP contribution in [0.15, 0.2) is 47.5 Å². The summed E-state index contributed by atoms with van der Waals surface area (Å²) in [4.78, 5) is 4.20. The van der Waals surface area contributed by atoms with Crippen LogP contribution in [0.2, 0.25) is 0 Å². The average Bonchev–Trinajstić information content (AvgIpc) is 2.92. The summed E-state index contributed by atoms with van der Waals surface area (Å²) in [6.07, 6.45) is 11.1. The van der Waals surface area contributed by atoms with Crippen molar-refractivity contribution in [3.63, 3.8) is 0 Å². The van der Waals surface area contributed by atoms with Crippen LogP contribution in [0.1, 0.15) is 43.2 Å². The first-order chi connectivity index (χ1) is 8.84. The lowest BCUT2D eigenvalue weighted by Crippen LogP contribution is -2.20. The van der Waals surface area contributed by atoms with Crippen molar-refractivity contribution in [1.29, 1.82) is 0 Å². The predicted molar refractivity (Wildman–Crippen MR) is 76.6 cm³/mol. The molecule has 1 fully saturated rings. The molecule has 2 aromatic rings. The van der Waals surface area contributed by atoms with Gasteiger partial charge >= 0.3 is 0 Å². The Hall–Kier alpha value is -1.09. The number of rotatable bonds is 2. The summed E-state index contributed by atoms with van der Waals surface area (Å²) in [5, 5.41) is 0. The van der Waals surface area contributed by atoms with E-state index in [9.17, 15) is 0 Å². The number of aromatic nitrogens is 2. The molecule has 3 heteroatoms. The fraction of sp³-hybridized carbons (Fsp3) is 0.400. The number of nitrogens with zero attached hydrogens (tertiary/aromatic N) is 2. The van der Waals surface area contributed by atoms with Crippen LogP contribution in [-0.2, 0) is 0 Å². The van der Waals surface area contributed by atoms with Crippen molar-refractivity contribution >= 4 is 15.9 Å². The van der Waals surface area contributed by atoms with Gasteiger partial charge in [-0.25, -0.2) is 4.98 Å². The van der Waals surface area contributed by atoms with Gasteiger partial charge in [-0.1, -0.05) is 40.9 Å². The third kappa shape index (κ3) is 2.37. The molecule has 1 aliphatic rings. The lowest BCUT2D eigenvalue weighted by molar-refractivity contribution is 0.305. The highest BCUT2D eigenvalue weighted by molar-refractivity contribution is 9.10. The third-order valence-corrected chi connectivity index (χ3v) is 4.41. The smallest absolute Gasteiger partial charge is 0.0948 e. The van der Waals surface area contributed by atoms with E-state index in [1.165, 1.54) is 35.7 Å². The number of hydrogen-bond donors (Lipinski definition) is 0. The van der Waals surface area contributed by atoms with Gasteiger partial charge in [0.2, 0.25) is 0 Å². The molecule has 0 aliphatic heterocycles. The highest BCUT2D eigenvalue weighted by atomic mass is 79.9. The standard InChI is InChI=1S/C15H17BrN2/c16-13-5-3-4-12(10-13)14-6-1-2-7-15(14)18-9-8-17-11-18/h3-5,8-11,14-15H,1-2,6-7H2. The van der Waals surface area contributed by atoms with Crippen LogP contribution in [0.5, 0.6) is 0 Å². The van der Waals surface area contributed by atoms with E-state index in [1.54, 1.807) is 0 Å². The van der Waals surface area contributed by atoms with E-state index in [1.807, 2.05) is 12.5 Å². The summed E-state index contributed by atoms with van der Waals surface area (Å²) < 4.78 is 3.46. The Morgan fingerprint density at radius 1 is 1.22 bits per heavy atom. The Morgan fingerprint density at radius 3 is 2.89 bits per heavy atom. The Morgan fingerprint density at radius 2 is 2.11 bits per heavy atom. The molecule has 1 heterocycles. The zero-order valence-corrected chi connectivity index (χ0v) is 11.9. The van der Waals surface area contributed by atoms with Crippen LogP contribution in [0.25, 0.3) is 0 Å². The molecule has 0 saturated heterocycles. The molecule has 2 unspecified atom stereocenters. The molecule has 2 atom stereocenters. The highest BCUT2D eigenvalue weighted by Gasteiger charge is 2.27. The number of benzene rings is 1. The quantitative estimate of drug-likeness (QED) is 0.796.